The highest BCUT2D eigenvalue weighted by atomic mass is 35.5. The predicted octanol–water partition coefficient (Wildman–Crippen LogP) is 6.49. The topological polar surface area (TPSA) is 62.3 Å². The molecule has 0 fully saturated rings. The number of aromatic amines is 2. The van der Waals surface area contributed by atoms with Gasteiger partial charge in [-0.25, -0.2) is 4.98 Å². The Morgan fingerprint density at radius 1 is 0.800 bits per heavy atom. The molecule has 3 aromatic carbocycles. The zero-order chi connectivity index (χ0) is 20.2. The number of aromatic nitrogens is 5. The average molecular weight is 434 g/mol. The van der Waals surface area contributed by atoms with Crippen molar-refractivity contribution >= 4 is 66.8 Å². The summed E-state index contributed by atoms with van der Waals surface area (Å²) in [6.07, 6.45) is 5.17. The predicted molar refractivity (Wildman–Crippen MR) is 124 cm³/mol. The summed E-state index contributed by atoms with van der Waals surface area (Å²) in [5.74, 6) is 0. The molecule has 0 aliphatic rings. The molecule has 0 radical (unpaired) electrons. The molecule has 6 rings (SSSR count). The van der Waals surface area contributed by atoms with Crippen LogP contribution >= 0.6 is 23.2 Å². The second-order valence-electron chi connectivity index (χ2n) is 7.59. The van der Waals surface area contributed by atoms with E-state index in [4.69, 9.17) is 23.2 Å². The van der Waals surface area contributed by atoms with Crippen molar-refractivity contribution in [3.63, 3.8) is 0 Å². The Morgan fingerprint density at radius 2 is 1.43 bits per heavy atom. The Hall–Kier alpha value is -3.02. The standard InChI is InChI=1S/C23H17Cl2N5/c24-13-3-5-20-16(8-13)18-10-19-17-9-14(25)4-6-21(17)29-23(19)15(22(18)28-20)2-1-7-30-12-26-11-27-30/h3-6,8-12,28-29H,1-2,7H2. The smallest absolute Gasteiger partial charge is 0.137 e. The number of nitrogens with one attached hydrogen (secondary N) is 2. The van der Waals surface area contributed by atoms with E-state index in [2.05, 4.69) is 26.1 Å². The lowest BCUT2D eigenvalue weighted by atomic mass is 10.0. The van der Waals surface area contributed by atoms with Crippen LogP contribution in [0, 0.1) is 0 Å². The first-order chi connectivity index (χ1) is 14.7. The highest BCUT2D eigenvalue weighted by molar-refractivity contribution is 6.33. The maximum Gasteiger partial charge on any atom is 0.137 e. The fourth-order valence-corrected chi connectivity index (χ4v) is 4.78. The van der Waals surface area contributed by atoms with Gasteiger partial charge in [-0.3, -0.25) is 4.68 Å². The zero-order valence-corrected chi connectivity index (χ0v) is 17.4. The van der Waals surface area contributed by atoms with Gasteiger partial charge in [0, 0.05) is 54.7 Å². The van der Waals surface area contributed by atoms with Gasteiger partial charge in [0.05, 0.1) is 11.0 Å². The van der Waals surface area contributed by atoms with Crippen molar-refractivity contribution in [3.05, 3.63) is 70.7 Å². The van der Waals surface area contributed by atoms with Gasteiger partial charge in [0.1, 0.15) is 12.7 Å². The molecule has 0 atom stereocenters. The summed E-state index contributed by atoms with van der Waals surface area (Å²) in [5, 5.41) is 10.3. The van der Waals surface area contributed by atoms with Crippen molar-refractivity contribution in [2.75, 3.05) is 0 Å². The molecule has 0 unspecified atom stereocenters. The van der Waals surface area contributed by atoms with Crippen molar-refractivity contribution < 1.29 is 0 Å². The molecular formula is C23H17Cl2N5. The number of fused-ring (bicyclic) bond motifs is 6. The molecule has 0 amide bonds. The van der Waals surface area contributed by atoms with E-state index in [9.17, 15) is 0 Å². The van der Waals surface area contributed by atoms with E-state index in [1.165, 1.54) is 16.3 Å². The Balaban J connectivity index is 1.61. The van der Waals surface area contributed by atoms with E-state index in [0.29, 0.717) is 0 Å². The molecule has 6 aromatic rings. The van der Waals surface area contributed by atoms with Gasteiger partial charge >= 0.3 is 0 Å². The minimum absolute atomic E-state index is 0.734. The number of hydrogen-bond acceptors (Lipinski definition) is 2. The first-order valence-electron chi connectivity index (χ1n) is 9.83. The van der Waals surface area contributed by atoms with Crippen molar-refractivity contribution in [2.45, 2.75) is 19.4 Å². The molecule has 0 aliphatic heterocycles. The van der Waals surface area contributed by atoms with Crippen molar-refractivity contribution in [1.29, 1.82) is 0 Å². The summed E-state index contributed by atoms with van der Waals surface area (Å²) < 4.78 is 1.87. The first kappa shape index (κ1) is 17.8. The fraction of sp³-hybridized carbons (Fsp3) is 0.130. The van der Waals surface area contributed by atoms with E-state index in [-0.39, 0.29) is 0 Å². The van der Waals surface area contributed by atoms with Crippen molar-refractivity contribution in [2.24, 2.45) is 0 Å². The number of rotatable bonds is 4. The number of aryl methyl sites for hydroxylation is 2. The van der Waals surface area contributed by atoms with Gasteiger partial charge in [-0.2, -0.15) is 5.10 Å². The summed E-state index contributed by atoms with van der Waals surface area (Å²) in [6.45, 7) is 0.815. The summed E-state index contributed by atoms with van der Waals surface area (Å²) in [4.78, 5) is 11.3. The van der Waals surface area contributed by atoms with Crippen molar-refractivity contribution in [1.82, 2.24) is 24.7 Å². The summed E-state index contributed by atoms with van der Waals surface area (Å²) >= 11 is 12.6. The van der Waals surface area contributed by atoms with Crippen LogP contribution in [-0.4, -0.2) is 24.7 Å². The van der Waals surface area contributed by atoms with Gasteiger partial charge in [0.15, 0.2) is 0 Å². The lowest BCUT2D eigenvalue weighted by Crippen LogP contribution is -2.00. The number of H-pyrrole nitrogens is 2. The molecule has 2 N–H and O–H groups in total. The Morgan fingerprint density at radius 3 is 2.00 bits per heavy atom. The third kappa shape index (κ3) is 2.77. The second-order valence-corrected chi connectivity index (χ2v) is 8.47. The average Bonchev–Trinajstić information content (AvgIpc) is 3.45. The third-order valence-corrected chi connectivity index (χ3v) is 6.24. The maximum absolute atomic E-state index is 6.32. The van der Waals surface area contributed by atoms with Crippen molar-refractivity contribution in [3.8, 4) is 0 Å². The molecule has 0 spiro atoms. The van der Waals surface area contributed by atoms with Gasteiger partial charge in [0.2, 0.25) is 0 Å². The molecule has 3 heterocycles. The lowest BCUT2D eigenvalue weighted by molar-refractivity contribution is 0.578. The monoisotopic (exact) mass is 433 g/mol. The third-order valence-electron chi connectivity index (χ3n) is 5.77. The van der Waals surface area contributed by atoms with Crippen LogP contribution in [0.2, 0.25) is 10.0 Å². The van der Waals surface area contributed by atoms with Gasteiger partial charge in [0.25, 0.3) is 0 Å². The van der Waals surface area contributed by atoms with Crippen LogP contribution in [0.1, 0.15) is 12.0 Å². The molecule has 7 heteroatoms. The largest absolute Gasteiger partial charge is 0.354 e. The normalized spacial score (nSPS) is 12.1. The minimum Gasteiger partial charge on any atom is -0.354 e. The number of benzene rings is 3. The van der Waals surface area contributed by atoms with E-state index in [0.717, 1.165) is 62.3 Å². The Bertz CT molecular complexity index is 1450. The molecule has 148 valence electrons. The fourth-order valence-electron chi connectivity index (χ4n) is 4.43. The molecule has 30 heavy (non-hydrogen) atoms. The molecular weight excluding hydrogens is 417 g/mol. The lowest BCUT2D eigenvalue weighted by Gasteiger charge is -2.07. The zero-order valence-electron chi connectivity index (χ0n) is 15.9. The minimum atomic E-state index is 0.734. The summed E-state index contributed by atoms with van der Waals surface area (Å²) in [5.41, 5.74) is 5.73. The second kappa shape index (κ2) is 6.76. The SMILES string of the molecule is Clc1ccc2[nH]c3c(CCCn4cncn4)c4[nH]c5ccc(Cl)cc5c4cc3c2c1. The molecule has 0 saturated carbocycles. The highest BCUT2D eigenvalue weighted by Gasteiger charge is 2.16. The Kier molecular flexibility index (Phi) is 4.01. The summed E-state index contributed by atoms with van der Waals surface area (Å²) in [7, 11) is 0. The van der Waals surface area contributed by atoms with Crippen LogP contribution in [0.3, 0.4) is 0 Å². The number of nitrogens with zero attached hydrogens (tertiary/aromatic N) is 3. The quantitative estimate of drug-likeness (QED) is 0.333. The summed E-state index contributed by atoms with van der Waals surface area (Å²) in [6, 6.07) is 14.2. The van der Waals surface area contributed by atoms with Crippen LogP contribution in [0.25, 0.3) is 43.6 Å². The molecule has 5 nitrogen and oxygen atoms in total. The van der Waals surface area contributed by atoms with Crippen LogP contribution in [0.4, 0.5) is 0 Å². The van der Waals surface area contributed by atoms with Gasteiger partial charge in [-0.1, -0.05) is 23.2 Å². The van der Waals surface area contributed by atoms with Gasteiger partial charge in [-0.15, -0.1) is 0 Å². The van der Waals surface area contributed by atoms with E-state index < -0.39 is 0 Å². The maximum atomic E-state index is 6.32. The highest BCUT2D eigenvalue weighted by Crippen LogP contribution is 2.38. The van der Waals surface area contributed by atoms with Gasteiger partial charge < -0.3 is 9.97 Å². The van der Waals surface area contributed by atoms with Crippen LogP contribution in [0.5, 0.6) is 0 Å². The van der Waals surface area contributed by atoms with Gasteiger partial charge in [-0.05, 0) is 55.3 Å². The van der Waals surface area contributed by atoms with E-state index in [1.807, 2.05) is 41.1 Å². The molecule has 0 bridgehead atoms. The molecule has 0 saturated heterocycles. The number of halogens is 2. The van der Waals surface area contributed by atoms with E-state index in [1.54, 1.807) is 12.7 Å². The molecule has 0 aliphatic carbocycles. The first-order valence-corrected chi connectivity index (χ1v) is 10.6. The number of hydrogen-bond donors (Lipinski definition) is 2. The Labute approximate surface area is 181 Å². The van der Waals surface area contributed by atoms with E-state index >= 15 is 0 Å². The van der Waals surface area contributed by atoms with Crippen LogP contribution in [-0.2, 0) is 13.0 Å². The van der Waals surface area contributed by atoms with Crippen LogP contribution < -0.4 is 0 Å². The molecule has 3 aromatic heterocycles. The van der Waals surface area contributed by atoms with Crippen LogP contribution in [0.15, 0.2) is 55.1 Å².